The second kappa shape index (κ2) is 6.77. The molecule has 0 aromatic heterocycles. The van der Waals surface area contributed by atoms with E-state index in [2.05, 4.69) is 5.32 Å². The molecule has 1 aliphatic rings. The maximum absolute atomic E-state index is 12.9. The first kappa shape index (κ1) is 18.0. The van der Waals surface area contributed by atoms with Crippen LogP contribution in [-0.2, 0) is 14.3 Å². The van der Waals surface area contributed by atoms with Crippen LogP contribution in [0.5, 0.6) is 0 Å². The van der Waals surface area contributed by atoms with Crippen molar-refractivity contribution in [3.05, 3.63) is 0 Å². The van der Waals surface area contributed by atoms with Crippen LogP contribution in [0.4, 0.5) is 0 Å². The summed E-state index contributed by atoms with van der Waals surface area (Å²) in [5.74, 6) is 0.00587. The molecule has 5 nitrogen and oxygen atoms in total. The number of nitrogens with zero attached hydrogens (tertiary/aromatic N) is 1. The molecule has 1 rings (SSSR count). The molecule has 2 amide bonds. The number of carbonyl (C=O) groups is 2. The van der Waals surface area contributed by atoms with Crippen LogP contribution in [0.3, 0.4) is 0 Å². The lowest BCUT2D eigenvalue weighted by atomic mass is 9.79. The topological polar surface area (TPSA) is 58.6 Å². The van der Waals surface area contributed by atoms with Gasteiger partial charge < -0.3 is 15.0 Å². The van der Waals surface area contributed by atoms with Crippen molar-refractivity contribution in [2.45, 2.75) is 65.5 Å². The number of carbonyl (C=O) groups excluding carboxylic acids is 2. The maximum Gasteiger partial charge on any atom is 0.246 e. The largest absolute Gasteiger partial charge is 0.385 e. The average molecular weight is 298 g/mol. The van der Waals surface area contributed by atoms with Crippen LogP contribution in [-0.4, -0.2) is 48.6 Å². The first-order valence-electron chi connectivity index (χ1n) is 7.86. The summed E-state index contributed by atoms with van der Waals surface area (Å²) in [7, 11) is 1.65. The van der Waals surface area contributed by atoms with Gasteiger partial charge in [0, 0.05) is 20.3 Å². The number of hydrogen-bond donors (Lipinski definition) is 1. The third-order valence-electron chi connectivity index (χ3n) is 4.49. The second-order valence-corrected chi connectivity index (χ2v) is 6.85. The van der Waals surface area contributed by atoms with Gasteiger partial charge in [-0.1, -0.05) is 34.6 Å². The number of amides is 2. The molecule has 1 N–H and O–H groups in total. The number of ether oxygens (including phenoxy) is 1. The highest BCUT2D eigenvalue weighted by Gasteiger charge is 2.52. The molecule has 5 heteroatoms. The lowest BCUT2D eigenvalue weighted by Crippen LogP contribution is -2.72. The van der Waals surface area contributed by atoms with Crippen LogP contribution in [0, 0.1) is 5.41 Å². The van der Waals surface area contributed by atoms with E-state index in [-0.39, 0.29) is 17.2 Å². The predicted octanol–water partition coefficient (Wildman–Crippen LogP) is 1.95. The lowest BCUT2D eigenvalue weighted by Gasteiger charge is -2.50. The van der Waals surface area contributed by atoms with Gasteiger partial charge in [0.15, 0.2) is 0 Å². The smallest absolute Gasteiger partial charge is 0.246 e. The van der Waals surface area contributed by atoms with E-state index in [9.17, 15) is 9.59 Å². The van der Waals surface area contributed by atoms with E-state index < -0.39 is 11.6 Å². The monoisotopic (exact) mass is 298 g/mol. The quantitative estimate of drug-likeness (QED) is 0.763. The molecule has 1 fully saturated rings. The van der Waals surface area contributed by atoms with E-state index in [1.807, 2.05) is 34.6 Å². The summed E-state index contributed by atoms with van der Waals surface area (Å²) in [6.07, 6.45) is 2.00. The zero-order valence-electron chi connectivity index (χ0n) is 14.3. The zero-order chi connectivity index (χ0) is 16.3. The molecular formula is C16H30N2O3. The summed E-state index contributed by atoms with van der Waals surface area (Å²) in [5.41, 5.74) is -1.01. The molecule has 1 aliphatic heterocycles. The molecule has 0 saturated carbocycles. The van der Waals surface area contributed by atoms with Gasteiger partial charge in [-0.2, -0.15) is 0 Å². The Bertz CT molecular complexity index is 383. The molecule has 122 valence electrons. The fourth-order valence-corrected chi connectivity index (χ4v) is 3.05. The molecule has 1 unspecified atom stereocenters. The van der Waals surface area contributed by atoms with Gasteiger partial charge in [-0.05, 0) is 24.7 Å². The Kier molecular flexibility index (Phi) is 5.79. The normalized spacial score (nSPS) is 22.4. The third kappa shape index (κ3) is 3.39. The van der Waals surface area contributed by atoms with Gasteiger partial charge in [0.1, 0.15) is 11.6 Å². The SMILES string of the molecule is CCC1(CC)C(=O)NC(C(C)(C)C)C(=O)N1CCCOC. The van der Waals surface area contributed by atoms with Crippen molar-refractivity contribution in [2.75, 3.05) is 20.3 Å². The summed E-state index contributed by atoms with van der Waals surface area (Å²) in [6, 6.07) is -0.459. The molecule has 21 heavy (non-hydrogen) atoms. The van der Waals surface area contributed by atoms with Gasteiger partial charge in [0.05, 0.1) is 0 Å². The standard InChI is InChI=1S/C16H30N2O3/c1-7-16(8-2)14(20)17-12(15(3,4)5)13(19)18(16)10-9-11-21-6/h12H,7-11H2,1-6H3,(H,17,20). The van der Waals surface area contributed by atoms with Crippen LogP contribution in [0.2, 0.25) is 0 Å². The average Bonchev–Trinajstić information content (AvgIpc) is 2.42. The Balaban J connectivity index is 3.11. The van der Waals surface area contributed by atoms with E-state index >= 15 is 0 Å². The van der Waals surface area contributed by atoms with Gasteiger partial charge in [0.25, 0.3) is 0 Å². The highest BCUT2D eigenvalue weighted by molar-refractivity contribution is 6.00. The summed E-state index contributed by atoms with van der Waals surface area (Å²) < 4.78 is 5.09. The molecule has 0 aromatic carbocycles. The summed E-state index contributed by atoms with van der Waals surface area (Å²) in [6.45, 7) is 11.0. The van der Waals surface area contributed by atoms with Crippen molar-refractivity contribution in [1.29, 1.82) is 0 Å². The van der Waals surface area contributed by atoms with Crippen LogP contribution < -0.4 is 5.32 Å². The Morgan fingerprint density at radius 3 is 2.24 bits per heavy atom. The van der Waals surface area contributed by atoms with E-state index in [1.54, 1.807) is 12.0 Å². The molecule has 1 heterocycles. The number of nitrogens with one attached hydrogen (secondary N) is 1. The van der Waals surface area contributed by atoms with Crippen molar-refractivity contribution < 1.29 is 14.3 Å². The van der Waals surface area contributed by atoms with E-state index in [1.165, 1.54) is 0 Å². The van der Waals surface area contributed by atoms with Gasteiger partial charge >= 0.3 is 0 Å². The zero-order valence-corrected chi connectivity index (χ0v) is 14.3. The Morgan fingerprint density at radius 1 is 1.24 bits per heavy atom. The minimum Gasteiger partial charge on any atom is -0.385 e. The van der Waals surface area contributed by atoms with Gasteiger partial charge in [0.2, 0.25) is 11.8 Å². The van der Waals surface area contributed by atoms with Crippen molar-refractivity contribution in [3.8, 4) is 0 Å². The number of hydrogen-bond acceptors (Lipinski definition) is 3. The first-order chi connectivity index (χ1) is 9.74. The fourth-order valence-electron chi connectivity index (χ4n) is 3.05. The molecule has 0 aromatic rings. The first-order valence-corrected chi connectivity index (χ1v) is 7.86. The highest BCUT2D eigenvalue weighted by Crippen LogP contribution is 2.33. The predicted molar refractivity (Wildman–Crippen MR) is 82.9 cm³/mol. The summed E-state index contributed by atoms with van der Waals surface area (Å²) in [4.78, 5) is 27.4. The fraction of sp³-hybridized carbons (Fsp3) is 0.875. The molecule has 0 spiro atoms. The number of rotatable bonds is 6. The second-order valence-electron chi connectivity index (χ2n) is 6.85. The molecule has 1 atom stereocenters. The molecule has 0 radical (unpaired) electrons. The highest BCUT2D eigenvalue weighted by atomic mass is 16.5. The van der Waals surface area contributed by atoms with Crippen molar-refractivity contribution in [3.63, 3.8) is 0 Å². The molecule has 1 saturated heterocycles. The minimum absolute atomic E-state index is 0.0237. The maximum atomic E-state index is 12.9. The molecule has 0 aliphatic carbocycles. The summed E-state index contributed by atoms with van der Waals surface area (Å²) >= 11 is 0. The molecule has 0 bridgehead atoms. The molecular weight excluding hydrogens is 268 g/mol. The van der Waals surface area contributed by atoms with Crippen LogP contribution in [0.1, 0.15) is 53.9 Å². The third-order valence-corrected chi connectivity index (χ3v) is 4.49. The number of methoxy groups -OCH3 is 1. The lowest BCUT2D eigenvalue weighted by molar-refractivity contribution is -0.161. The van der Waals surface area contributed by atoms with Crippen LogP contribution in [0.15, 0.2) is 0 Å². The Hall–Kier alpha value is -1.10. The Labute approximate surface area is 128 Å². The van der Waals surface area contributed by atoms with Crippen molar-refractivity contribution in [1.82, 2.24) is 10.2 Å². The van der Waals surface area contributed by atoms with E-state index in [0.29, 0.717) is 26.0 Å². The number of piperazine rings is 1. The van der Waals surface area contributed by atoms with Crippen molar-refractivity contribution in [2.24, 2.45) is 5.41 Å². The van der Waals surface area contributed by atoms with E-state index in [4.69, 9.17) is 4.74 Å². The Morgan fingerprint density at radius 2 is 1.81 bits per heavy atom. The van der Waals surface area contributed by atoms with Crippen LogP contribution >= 0.6 is 0 Å². The minimum atomic E-state index is -0.716. The summed E-state index contributed by atoms with van der Waals surface area (Å²) in [5, 5.41) is 2.96. The van der Waals surface area contributed by atoms with Gasteiger partial charge in [-0.25, -0.2) is 0 Å². The van der Waals surface area contributed by atoms with Crippen LogP contribution in [0.25, 0.3) is 0 Å². The van der Waals surface area contributed by atoms with Gasteiger partial charge in [-0.3, -0.25) is 9.59 Å². The van der Waals surface area contributed by atoms with E-state index in [0.717, 1.165) is 6.42 Å². The van der Waals surface area contributed by atoms with Gasteiger partial charge in [-0.15, -0.1) is 0 Å². The van der Waals surface area contributed by atoms with Crippen molar-refractivity contribution >= 4 is 11.8 Å².